The average molecular weight is 493 g/mol. The summed E-state index contributed by atoms with van der Waals surface area (Å²) in [7, 11) is 0. The monoisotopic (exact) mass is 492 g/mol. The third-order valence-electron chi connectivity index (χ3n) is 6.22. The highest BCUT2D eigenvalue weighted by atomic mass is 32.2. The lowest BCUT2D eigenvalue weighted by Crippen LogP contribution is -2.49. The molecule has 0 aliphatic carbocycles. The van der Waals surface area contributed by atoms with E-state index in [9.17, 15) is 9.59 Å². The molecule has 0 unspecified atom stereocenters. The Labute approximate surface area is 208 Å². The van der Waals surface area contributed by atoms with Gasteiger partial charge in [0.2, 0.25) is 5.91 Å². The molecule has 176 valence electrons. The van der Waals surface area contributed by atoms with Crippen molar-refractivity contribution in [2.45, 2.75) is 35.2 Å². The predicted octanol–water partition coefficient (Wildman–Crippen LogP) is 3.77. The number of anilines is 1. The number of hydrogen-bond donors (Lipinski definition) is 0. The van der Waals surface area contributed by atoms with Crippen molar-refractivity contribution in [1.29, 1.82) is 0 Å². The van der Waals surface area contributed by atoms with Crippen LogP contribution in [0.4, 0.5) is 5.69 Å². The molecule has 1 fully saturated rings. The normalized spacial score (nSPS) is 17.6. The van der Waals surface area contributed by atoms with Crippen LogP contribution in [0.15, 0.2) is 75.5 Å². The van der Waals surface area contributed by atoms with Gasteiger partial charge in [-0.2, -0.15) is 0 Å². The Balaban J connectivity index is 1.28. The maximum absolute atomic E-state index is 13.3. The second-order valence-corrected chi connectivity index (χ2v) is 11.1. The quantitative estimate of drug-likeness (QED) is 0.386. The minimum absolute atomic E-state index is 0.00891. The molecular weight excluding hydrogens is 464 g/mol. The van der Waals surface area contributed by atoms with Crippen LogP contribution in [0.2, 0.25) is 0 Å². The minimum atomic E-state index is 0.00891. The Morgan fingerprint density at radius 3 is 2.41 bits per heavy atom. The van der Waals surface area contributed by atoms with Gasteiger partial charge in [-0.05, 0) is 17.7 Å². The van der Waals surface area contributed by atoms with Gasteiger partial charge in [-0.25, -0.2) is 4.98 Å². The fraction of sp³-hybridized carbons (Fsp3) is 0.346. The zero-order chi connectivity index (χ0) is 23.5. The molecule has 2 aliphatic rings. The lowest BCUT2D eigenvalue weighted by molar-refractivity contribution is -0.128. The number of aromatic nitrogens is 2. The molecule has 5 rings (SSSR count). The van der Waals surface area contributed by atoms with Crippen molar-refractivity contribution >= 4 is 35.1 Å². The van der Waals surface area contributed by atoms with Gasteiger partial charge in [0.15, 0.2) is 5.16 Å². The van der Waals surface area contributed by atoms with Gasteiger partial charge in [0.1, 0.15) is 0 Å². The number of para-hydroxylation sites is 1. The van der Waals surface area contributed by atoms with Crippen LogP contribution in [0.1, 0.15) is 18.2 Å². The van der Waals surface area contributed by atoms with Crippen molar-refractivity contribution in [3.63, 3.8) is 0 Å². The standard InChI is InChI=1S/C26H28N4O2S2/c1-19-16-22-24(34-19)25(32)30(17-20-8-4-2-5-9-20)26(27-22)33-18-23(31)29-14-12-28(13-15-29)21-10-6-3-7-11-21/h2-11,19H,12-18H2,1H3/t19-/m1/s1. The molecular formula is C26H28N4O2S2. The van der Waals surface area contributed by atoms with Crippen LogP contribution in [0.3, 0.4) is 0 Å². The number of thioether (sulfide) groups is 2. The van der Waals surface area contributed by atoms with Crippen molar-refractivity contribution in [1.82, 2.24) is 14.5 Å². The average Bonchev–Trinajstić information content (AvgIpc) is 3.26. The molecule has 1 amide bonds. The van der Waals surface area contributed by atoms with Crippen LogP contribution >= 0.6 is 23.5 Å². The van der Waals surface area contributed by atoms with E-state index in [0.717, 1.165) is 35.7 Å². The molecule has 1 atom stereocenters. The van der Waals surface area contributed by atoms with E-state index >= 15 is 0 Å². The fourth-order valence-electron chi connectivity index (χ4n) is 4.42. The SMILES string of the molecule is C[C@@H]1Cc2nc(SCC(=O)N3CCN(c4ccccc4)CC3)n(Cc3ccccc3)c(=O)c2S1. The second kappa shape index (κ2) is 10.3. The zero-order valence-corrected chi connectivity index (χ0v) is 20.9. The largest absolute Gasteiger partial charge is 0.368 e. The Morgan fingerprint density at radius 1 is 1.03 bits per heavy atom. The van der Waals surface area contributed by atoms with E-state index in [1.54, 1.807) is 16.3 Å². The Kier molecular flexibility index (Phi) is 6.97. The third-order valence-corrected chi connectivity index (χ3v) is 8.40. The van der Waals surface area contributed by atoms with E-state index in [4.69, 9.17) is 4.98 Å². The molecule has 2 aliphatic heterocycles. The highest BCUT2D eigenvalue weighted by molar-refractivity contribution is 8.00. The second-order valence-electron chi connectivity index (χ2n) is 8.67. The van der Waals surface area contributed by atoms with Crippen molar-refractivity contribution < 1.29 is 4.79 Å². The first-order valence-corrected chi connectivity index (χ1v) is 13.5. The number of piperazine rings is 1. The summed E-state index contributed by atoms with van der Waals surface area (Å²) >= 11 is 3.00. The molecule has 0 N–H and O–H groups in total. The van der Waals surface area contributed by atoms with Crippen LogP contribution < -0.4 is 10.5 Å². The predicted molar refractivity (Wildman–Crippen MR) is 139 cm³/mol. The Hall–Kier alpha value is -2.71. The van der Waals surface area contributed by atoms with Crippen LogP contribution in [0, 0.1) is 0 Å². The van der Waals surface area contributed by atoms with E-state index < -0.39 is 0 Å². The van der Waals surface area contributed by atoms with Crippen LogP contribution in [0.25, 0.3) is 0 Å². The molecule has 0 saturated carbocycles. The van der Waals surface area contributed by atoms with Gasteiger partial charge < -0.3 is 9.80 Å². The van der Waals surface area contributed by atoms with Crippen molar-refractivity contribution in [2.75, 3.05) is 36.8 Å². The van der Waals surface area contributed by atoms with Gasteiger partial charge in [0, 0.05) is 43.5 Å². The molecule has 0 bridgehead atoms. The summed E-state index contributed by atoms with van der Waals surface area (Å²) in [4.78, 5) is 36.2. The van der Waals surface area contributed by atoms with E-state index in [2.05, 4.69) is 24.0 Å². The van der Waals surface area contributed by atoms with Crippen molar-refractivity contribution in [3.05, 3.63) is 82.3 Å². The number of hydrogen-bond acceptors (Lipinski definition) is 6. The maximum Gasteiger partial charge on any atom is 0.268 e. The zero-order valence-electron chi connectivity index (χ0n) is 19.2. The molecule has 6 nitrogen and oxygen atoms in total. The van der Waals surface area contributed by atoms with E-state index in [-0.39, 0.29) is 17.2 Å². The molecule has 8 heteroatoms. The minimum Gasteiger partial charge on any atom is -0.368 e. The van der Waals surface area contributed by atoms with Gasteiger partial charge in [-0.3, -0.25) is 14.2 Å². The summed E-state index contributed by atoms with van der Waals surface area (Å²) in [6, 6.07) is 20.3. The summed E-state index contributed by atoms with van der Waals surface area (Å²) in [5.74, 6) is 0.384. The lowest BCUT2D eigenvalue weighted by Gasteiger charge is -2.36. The van der Waals surface area contributed by atoms with Crippen LogP contribution in [-0.4, -0.2) is 57.5 Å². The molecule has 3 heterocycles. The molecule has 1 saturated heterocycles. The number of nitrogens with zero attached hydrogens (tertiary/aromatic N) is 4. The topological polar surface area (TPSA) is 58.4 Å². The molecule has 2 aromatic carbocycles. The summed E-state index contributed by atoms with van der Waals surface area (Å²) < 4.78 is 1.74. The van der Waals surface area contributed by atoms with Gasteiger partial charge in [0.05, 0.1) is 22.9 Å². The highest BCUT2D eigenvalue weighted by Crippen LogP contribution is 2.34. The maximum atomic E-state index is 13.3. The van der Waals surface area contributed by atoms with Crippen LogP contribution in [-0.2, 0) is 17.8 Å². The summed E-state index contributed by atoms with van der Waals surface area (Å²) in [5.41, 5.74) is 3.13. The summed E-state index contributed by atoms with van der Waals surface area (Å²) in [6.07, 6.45) is 0.796. The number of fused-ring (bicyclic) bond motifs is 1. The molecule has 0 spiro atoms. The van der Waals surface area contributed by atoms with E-state index in [1.807, 2.05) is 53.4 Å². The fourth-order valence-corrected chi connectivity index (χ4v) is 6.45. The lowest BCUT2D eigenvalue weighted by atomic mass is 10.2. The van der Waals surface area contributed by atoms with Gasteiger partial charge in [-0.15, -0.1) is 11.8 Å². The van der Waals surface area contributed by atoms with Crippen LogP contribution in [0.5, 0.6) is 0 Å². The summed E-state index contributed by atoms with van der Waals surface area (Å²) in [5, 5.41) is 0.988. The number of carbonyl (C=O) groups excluding carboxylic acids is 1. The van der Waals surface area contributed by atoms with E-state index in [0.29, 0.717) is 30.0 Å². The van der Waals surface area contributed by atoms with Gasteiger partial charge in [-0.1, -0.05) is 67.2 Å². The molecule has 0 radical (unpaired) electrons. The number of rotatable bonds is 6. The highest BCUT2D eigenvalue weighted by Gasteiger charge is 2.27. The van der Waals surface area contributed by atoms with Gasteiger partial charge in [0.25, 0.3) is 5.56 Å². The summed E-state index contributed by atoms with van der Waals surface area (Å²) in [6.45, 7) is 5.64. The first kappa shape index (κ1) is 23.1. The Bertz CT molecular complexity index is 1210. The number of amides is 1. The molecule has 1 aromatic heterocycles. The Morgan fingerprint density at radius 2 is 1.71 bits per heavy atom. The third kappa shape index (κ3) is 5.03. The van der Waals surface area contributed by atoms with Gasteiger partial charge >= 0.3 is 0 Å². The molecule has 3 aromatic rings. The smallest absolute Gasteiger partial charge is 0.268 e. The van der Waals surface area contributed by atoms with E-state index in [1.165, 1.54) is 17.4 Å². The van der Waals surface area contributed by atoms with Crippen molar-refractivity contribution in [2.24, 2.45) is 0 Å². The number of carbonyl (C=O) groups is 1. The first-order valence-electron chi connectivity index (χ1n) is 11.6. The first-order chi connectivity index (χ1) is 16.6. The molecule has 34 heavy (non-hydrogen) atoms. The van der Waals surface area contributed by atoms with Crippen molar-refractivity contribution in [3.8, 4) is 0 Å². The number of benzene rings is 2.